The molecule has 2 rings (SSSR count). The Morgan fingerprint density at radius 3 is 2.24 bits per heavy atom. The SMILES string of the molecule is COc1cc(C)c(C)cc1S(=O)(=O)Oc1ccccc1Cl. The summed E-state index contributed by atoms with van der Waals surface area (Å²) in [4.78, 5) is -0.0204. The zero-order valence-corrected chi connectivity index (χ0v) is 13.5. The molecular formula is C15H15ClO4S. The number of methoxy groups -OCH3 is 1. The Balaban J connectivity index is 2.50. The highest BCUT2D eigenvalue weighted by molar-refractivity contribution is 7.87. The first kappa shape index (κ1) is 15.7. The van der Waals surface area contributed by atoms with Crippen molar-refractivity contribution in [2.75, 3.05) is 7.11 Å². The molecule has 0 amide bonds. The van der Waals surface area contributed by atoms with Gasteiger partial charge in [-0.15, -0.1) is 0 Å². The molecule has 0 aliphatic heterocycles. The Kier molecular flexibility index (Phi) is 4.44. The second-order valence-corrected chi connectivity index (χ2v) is 6.48. The van der Waals surface area contributed by atoms with E-state index in [4.69, 9.17) is 20.5 Å². The van der Waals surface area contributed by atoms with Gasteiger partial charge in [0.2, 0.25) is 0 Å². The summed E-state index contributed by atoms with van der Waals surface area (Å²) in [6.07, 6.45) is 0. The van der Waals surface area contributed by atoms with Crippen molar-refractivity contribution in [3.05, 3.63) is 52.5 Å². The van der Waals surface area contributed by atoms with Crippen LogP contribution in [0.5, 0.6) is 11.5 Å². The van der Waals surface area contributed by atoms with E-state index in [0.717, 1.165) is 11.1 Å². The molecule has 0 saturated heterocycles. The van der Waals surface area contributed by atoms with Crippen LogP contribution in [0.25, 0.3) is 0 Å². The number of benzene rings is 2. The number of hydrogen-bond acceptors (Lipinski definition) is 4. The Morgan fingerprint density at radius 2 is 1.62 bits per heavy atom. The minimum atomic E-state index is -4.03. The first-order valence-electron chi connectivity index (χ1n) is 6.19. The highest BCUT2D eigenvalue weighted by Crippen LogP contribution is 2.32. The molecule has 6 heteroatoms. The number of ether oxygens (including phenoxy) is 1. The molecule has 2 aromatic carbocycles. The van der Waals surface area contributed by atoms with Crippen LogP contribution in [0.15, 0.2) is 41.3 Å². The summed E-state index contributed by atoms with van der Waals surface area (Å²) >= 11 is 5.93. The number of halogens is 1. The van der Waals surface area contributed by atoms with Crippen LogP contribution < -0.4 is 8.92 Å². The smallest absolute Gasteiger partial charge is 0.342 e. The van der Waals surface area contributed by atoms with Gasteiger partial charge in [-0.1, -0.05) is 23.7 Å². The van der Waals surface area contributed by atoms with Crippen molar-refractivity contribution < 1.29 is 17.3 Å². The molecule has 0 saturated carbocycles. The molecule has 0 radical (unpaired) electrons. The lowest BCUT2D eigenvalue weighted by Gasteiger charge is -2.13. The molecule has 0 unspecified atom stereocenters. The predicted octanol–water partition coefficient (Wildman–Crippen LogP) is 3.73. The first-order valence-corrected chi connectivity index (χ1v) is 7.98. The first-order chi connectivity index (χ1) is 9.85. The van der Waals surface area contributed by atoms with Crippen LogP contribution in [0.4, 0.5) is 0 Å². The van der Waals surface area contributed by atoms with Gasteiger partial charge < -0.3 is 8.92 Å². The summed E-state index contributed by atoms with van der Waals surface area (Å²) in [6, 6.07) is 9.59. The van der Waals surface area contributed by atoms with Crippen LogP contribution in [-0.2, 0) is 10.1 Å². The molecule has 0 aromatic heterocycles. The van der Waals surface area contributed by atoms with Gasteiger partial charge in [0.25, 0.3) is 0 Å². The quantitative estimate of drug-likeness (QED) is 0.803. The van der Waals surface area contributed by atoms with Gasteiger partial charge in [0.15, 0.2) is 5.75 Å². The molecule has 4 nitrogen and oxygen atoms in total. The highest BCUT2D eigenvalue weighted by atomic mass is 35.5. The van der Waals surface area contributed by atoms with E-state index in [9.17, 15) is 8.42 Å². The van der Waals surface area contributed by atoms with Gasteiger partial charge in [-0.2, -0.15) is 8.42 Å². The fourth-order valence-corrected chi connectivity index (χ4v) is 3.19. The molecule has 0 fully saturated rings. The van der Waals surface area contributed by atoms with Crippen molar-refractivity contribution in [1.29, 1.82) is 0 Å². The average molecular weight is 327 g/mol. The monoisotopic (exact) mass is 326 g/mol. The largest absolute Gasteiger partial charge is 0.495 e. The summed E-state index contributed by atoms with van der Waals surface area (Å²) in [7, 11) is -2.61. The summed E-state index contributed by atoms with van der Waals surface area (Å²) in [5.41, 5.74) is 1.76. The number of aryl methyl sites for hydroxylation is 2. The molecule has 112 valence electrons. The van der Waals surface area contributed by atoms with Gasteiger partial charge in [-0.05, 0) is 49.2 Å². The van der Waals surface area contributed by atoms with Gasteiger partial charge in [0.1, 0.15) is 10.6 Å². The third-order valence-corrected chi connectivity index (χ3v) is 4.65. The van der Waals surface area contributed by atoms with E-state index >= 15 is 0 Å². The summed E-state index contributed by atoms with van der Waals surface area (Å²) in [5, 5.41) is 0.226. The second-order valence-electron chi connectivity index (χ2n) is 4.56. The Labute approximate surface area is 129 Å². The van der Waals surface area contributed by atoms with Gasteiger partial charge in [-0.3, -0.25) is 0 Å². The Morgan fingerprint density at radius 1 is 1.00 bits per heavy atom. The van der Waals surface area contributed by atoms with Gasteiger partial charge in [0.05, 0.1) is 12.1 Å². The van der Waals surface area contributed by atoms with Gasteiger partial charge in [-0.25, -0.2) is 0 Å². The van der Waals surface area contributed by atoms with Crippen LogP contribution in [0.2, 0.25) is 5.02 Å². The van der Waals surface area contributed by atoms with Crippen molar-refractivity contribution in [3.63, 3.8) is 0 Å². The third kappa shape index (κ3) is 3.31. The molecule has 0 aliphatic rings. The Bertz CT molecular complexity index is 769. The fourth-order valence-electron chi connectivity index (χ4n) is 1.79. The predicted molar refractivity (Wildman–Crippen MR) is 81.7 cm³/mol. The van der Waals surface area contributed by atoms with E-state index in [1.54, 1.807) is 24.3 Å². The van der Waals surface area contributed by atoms with Crippen molar-refractivity contribution in [2.24, 2.45) is 0 Å². The normalized spacial score (nSPS) is 11.2. The zero-order valence-electron chi connectivity index (χ0n) is 11.9. The van der Waals surface area contributed by atoms with Crippen LogP contribution in [-0.4, -0.2) is 15.5 Å². The molecule has 0 spiro atoms. The zero-order chi connectivity index (χ0) is 15.6. The van der Waals surface area contributed by atoms with Crippen LogP contribution in [0.1, 0.15) is 11.1 Å². The lowest BCUT2D eigenvalue weighted by molar-refractivity contribution is 0.397. The van der Waals surface area contributed by atoms with E-state index in [0.29, 0.717) is 0 Å². The van der Waals surface area contributed by atoms with E-state index in [-0.39, 0.29) is 21.4 Å². The van der Waals surface area contributed by atoms with Gasteiger partial charge >= 0.3 is 10.1 Å². The summed E-state index contributed by atoms with van der Waals surface area (Å²) in [6.45, 7) is 3.70. The van der Waals surface area contributed by atoms with E-state index < -0.39 is 10.1 Å². The third-order valence-electron chi connectivity index (χ3n) is 3.09. The maximum Gasteiger partial charge on any atom is 0.342 e. The molecule has 0 heterocycles. The van der Waals surface area contributed by atoms with E-state index in [2.05, 4.69) is 0 Å². The van der Waals surface area contributed by atoms with E-state index in [1.165, 1.54) is 19.2 Å². The van der Waals surface area contributed by atoms with Crippen molar-refractivity contribution in [1.82, 2.24) is 0 Å². The Hall–Kier alpha value is -1.72. The average Bonchev–Trinajstić information content (AvgIpc) is 2.43. The fraction of sp³-hybridized carbons (Fsp3) is 0.200. The van der Waals surface area contributed by atoms with Crippen LogP contribution in [0, 0.1) is 13.8 Å². The van der Waals surface area contributed by atoms with E-state index in [1.807, 2.05) is 13.8 Å². The number of hydrogen-bond donors (Lipinski definition) is 0. The van der Waals surface area contributed by atoms with Crippen LogP contribution in [0.3, 0.4) is 0 Å². The lowest BCUT2D eigenvalue weighted by Crippen LogP contribution is -2.12. The second kappa shape index (κ2) is 5.95. The summed E-state index contributed by atoms with van der Waals surface area (Å²) < 4.78 is 35.1. The molecule has 0 N–H and O–H groups in total. The topological polar surface area (TPSA) is 52.6 Å². The minimum absolute atomic E-state index is 0.0204. The van der Waals surface area contributed by atoms with Gasteiger partial charge in [0, 0.05) is 0 Å². The maximum absolute atomic E-state index is 12.4. The standard InChI is InChI=1S/C15H15ClO4S/c1-10-8-14(19-3)15(9-11(10)2)21(17,18)20-13-7-5-4-6-12(13)16/h4-9H,1-3H3. The van der Waals surface area contributed by atoms with Crippen molar-refractivity contribution in [3.8, 4) is 11.5 Å². The molecule has 0 atom stereocenters. The van der Waals surface area contributed by atoms with Crippen LogP contribution >= 0.6 is 11.6 Å². The highest BCUT2D eigenvalue weighted by Gasteiger charge is 2.23. The maximum atomic E-state index is 12.4. The molecular weight excluding hydrogens is 312 g/mol. The summed E-state index contributed by atoms with van der Waals surface area (Å²) in [5.74, 6) is 0.324. The number of para-hydroxylation sites is 1. The molecule has 0 aliphatic carbocycles. The lowest BCUT2D eigenvalue weighted by atomic mass is 10.1. The van der Waals surface area contributed by atoms with Crippen molar-refractivity contribution >= 4 is 21.7 Å². The molecule has 0 bridgehead atoms. The van der Waals surface area contributed by atoms with Crippen molar-refractivity contribution in [2.45, 2.75) is 18.7 Å². The minimum Gasteiger partial charge on any atom is -0.495 e. The molecule has 2 aromatic rings. The number of rotatable bonds is 4. The molecule has 21 heavy (non-hydrogen) atoms.